The van der Waals surface area contributed by atoms with Crippen molar-refractivity contribution in [2.75, 3.05) is 76.0 Å². The largest absolute Gasteiger partial charge is 1.00 e. The van der Waals surface area contributed by atoms with Crippen LogP contribution in [0.25, 0.3) is 11.1 Å². The molecule has 8 aromatic rings. The fraction of sp³-hybridized carbons (Fsp3) is 0.184. The van der Waals surface area contributed by atoms with E-state index in [1.165, 1.54) is 143 Å². The third kappa shape index (κ3) is 10.3. The van der Waals surface area contributed by atoms with Crippen LogP contribution in [0.1, 0.15) is 72.2 Å². The Balaban J connectivity index is 0.000000175. The molecule has 0 bridgehead atoms. The molecule has 0 saturated heterocycles. The molecule has 6 nitrogen and oxygen atoms in total. The van der Waals surface area contributed by atoms with Gasteiger partial charge in [0.15, 0.2) is 11.4 Å². The molecule has 86 heavy (non-hydrogen) atoms. The Kier molecular flexibility index (Phi) is 16.2. The van der Waals surface area contributed by atoms with Gasteiger partial charge in [-0.05, 0) is 164 Å². The summed E-state index contributed by atoms with van der Waals surface area (Å²) < 4.78 is 4.30. The Labute approximate surface area is 530 Å². The number of hydrogen-bond donors (Lipinski definition) is 0. The van der Waals surface area contributed by atoms with Crippen molar-refractivity contribution in [2.24, 2.45) is 0 Å². The minimum Gasteiger partial charge on any atom is -1.00 e. The lowest BCUT2D eigenvalue weighted by molar-refractivity contribution is -0.462. The van der Waals surface area contributed by atoms with Crippen LogP contribution >= 0.6 is 23.5 Å². The first-order chi connectivity index (χ1) is 40.5. The highest BCUT2D eigenvalue weighted by molar-refractivity contribution is 8.00. The summed E-state index contributed by atoms with van der Waals surface area (Å²) in [5, 5.41) is 0. The van der Waals surface area contributed by atoms with E-state index in [1.807, 2.05) is 23.5 Å². The first-order valence-corrected chi connectivity index (χ1v) is 30.7. The second kappa shape index (κ2) is 23.4. The van der Waals surface area contributed by atoms with Crippen molar-refractivity contribution < 1.29 is 34.0 Å². The van der Waals surface area contributed by atoms with Gasteiger partial charge in [-0.25, -0.2) is 9.15 Å². The topological polar surface area (TPSA) is 19.0 Å². The maximum Gasteiger partial charge on any atom is 0.199 e. The third-order valence-electron chi connectivity index (χ3n) is 18.0. The Morgan fingerprint density at radius 2 is 0.593 bits per heavy atom. The number of nitrogens with zero attached hydrogens (tertiary/aromatic N) is 6. The summed E-state index contributed by atoms with van der Waals surface area (Å²) >= 11 is 3.70. The zero-order valence-electron chi connectivity index (χ0n) is 51.0. The molecule has 4 aliphatic heterocycles. The number of benzene rings is 8. The molecule has 0 radical (unpaired) electrons. The molecular formula is C76H72Cl2N6S2. The Morgan fingerprint density at radius 3 is 0.953 bits per heavy atom. The summed E-state index contributed by atoms with van der Waals surface area (Å²) in [7, 11) is 17.1. The molecule has 0 aromatic heterocycles. The predicted octanol–water partition coefficient (Wildman–Crippen LogP) is 11.9. The molecule has 0 spiro atoms. The molecule has 432 valence electrons. The van der Waals surface area contributed by atoms with Gasteiger partial charge in [0.05, 0.1) is 22.7 Å². The molecular weight excluding hydrogens is 1130 g/mol. The van der Waals surface area contributed by atoms with Crippen molar-refractivity contribution in [1.29, 1.82) is 0 Å². The fourth-order valence-electron chi connectivity index (χ4n) is 13.2. The SMILES string of the molecule is CN1c2ccccc2C(C)(C)c2ccc(C(=C3C=CC(=[N+](C)C)C=C3)c3ccc4c(c3)N(C)c3ccccc3C4(C)C)cc21.CN1c2ccccc2Sc2ccc(C(=C3C=CC(=[N+](C)C)C=C3)c3ccc4c(c3)N(C)c3ccccc3S4)cc21.[Cl-].[Cl-]. The number of anilines is 8. The second-order valence-electron chi connectivity index (χ2n) is 24.1. The highest BCUT2D eigenvalue weighted by Crippen LogP contribution is 2.54. The number of halogens is 2. The number of hydrogen-bond acceptors (Lipinski definition) is 6. The van der Waals surface area contributed by atoms with Crippen molar-refractivity contribution in [3.05, 3.63) is 274 Å². The Hall–Kier alpha value is -7.98. The van der Waals surface area contributed by atoms with Crippen molar-refractivity contribution >= 4 is 91.6 Å². The van der Waals surface area contributed by atoms with Crippen molar-refractivity contribution in [1.82, 2.24) is 0 Å². The van der Waals surface area contributed by atoms with Crippen LogP contribution in [-0.2, 0) is 10.8 Å². The summed E-state index contributed by atoms with van der Waals surface area (Å²) in [6, 6.07) is 63.0. The van der Waals surface area contributed by atoms with Crippen molar-refractivity contribution in [3.63, 3.8) is 0 Å². The molecule has 2 aliphatic carbocycles. The summed E-state index contributed by atoms with van der Waals surface area (Å²) in [4.78, 5) is 14.5. The fourth-order valence-corrected chi connectivity index (χ4v) is 15.4. The van der Waals surface area contributed by atoms with E-state index >= 15 is 0 Å². The number of rotatable bonds is 4. The maximum atomic E-state index is 2.41. The van der Waals surface area contributed by atoms with Crippen LogP contribution in [-0.4, -0.2) is 77.0 Å². The van der Waals surface area contributed by atoms with Gasteiger partial charge in [0.1, 0.15) is 28.2 Å². The Bertz CT molecular complexity index is 4080. The number of para-hydroxylation sites is 4. The van der Waals surface area contributed by atoms with Gasteiger partial charge in [0.25, 0.3) is 0 Å². The molecule has 0 fully saturated rings. The summed E-state index contributed by atoms with van der Waals surface area (Å²) in [5.74, 6) is 0. The average molecular weight is 1200 g/mol. The van der Waals surface area contributed by atoms with E-state index in [-0.39, 0.29) is 35.6 Å². The smallest absolute Gasteiger partial charge is 0.199 e. The van der Waals surface area contributed by atoms with Gasteiger partial charge in [-0.15, -0.1) is 0 Å². The first-order valence-electron chi connectivity index (χ1n) is 29.0. The lowest BCUT2D eigenvalue weighted by Crippen LogP contribution is -3.00. The average Bonchev–Trinajstić information content (AvgIpc) is 1.07. The van der Waals surface area contributed by atoms with Gasteiger partial charge in [-0.2, -0.15) is 0 Å². The third-order valence-corrected chi connectivity index (χ3v) is 20.2. The highest BCUT2D eigenvalue weighted by Gasteiger charge is 2.37. The van der Waals surface area contributed by atoms with Gasteiger partial charge in [-0.3, -0.25) is 0 Å². The van der Waals surface area contributed by atoms with Crippen LogP contribution in [0.2, 0.25) is 0 Å². The summed E-state index contributed by atoms with van der Waals surface area (Å²) in [5.41, 5.74) is 27.5. The van der Waals surface area contributed by atoms with E-state index in [2.05, 4.69) is 331 Å². The van der Waals surface area contributed by atoms with Crippen LogP contribution in [0.5, 0.6) is 0 Å². The van der Waals surface area contributed by atoms with Gasteiger partial charge in [-0.1, -0.05) is 148 Å². The number of allylic oxidation sites excluding steroid dienone is 10. The summed E-state index contributed by atoms with van der Waals surface area (Å²) in [6.45, 7) is 9.39. The molecule has 8 aromatic carbocycles. The standard InChI is InChI=1S/C41H42N3.C35H30N3S2.2ClH/c1-40(2)31-13-9-11-15-35(31)43(7)37-25-28(19-23-33(37)40)39(27-17-21-30(22-18-27)42(5)6)29-20-24-34-38(26-29)44(8)36-16-12-10-14-32(36)41(34,3)4;1-36(2)26-17-13-23(14-18-26)35(24-15-19-33-29(21-24)37(3)27-9-5-7-11-31(27)39-33)25-16-20-34-30(22-25)38(4)28-10-6-8-12-32(28)40-34;;/h9-26H,1-8H3;5-22H,1-4H3;2*1H/q2*+1;;/p-2. The molecule has 0 amide bonds. The number of fused-ring (bicyclic) bond motifs is 8. The molecule has 0 unspecified atom stereocenters. The van der Waals surface area contributed by atoms with Gasteiger partial charge < -0.3 is 44.4 Å². The maximum absolute atomic E-state index is 2.41. The first kappa shape index (κ1) is 59.7. The zero-order valence-corrected chi connectivity index (χ0v) is 54.2. The Morgan fingerprint density at radius 1 is 0.314 bits per heavy atom. The van der Waals surface area contributed by atoms with Gasteiger partial charge in [0, 0.05) is 106 Å². The summed E-state index contributed by atoms with van der Waals surface area (Å²) in [6.07, 6.45) is 17.9. The van der Waals surface area contributed by atoms with E-state index in [9.17, 15) is 0 Å². The van der Waals surface area contributed by atoms with Crippen LogP contribution < -0.4 is 44.4 Å². The zero-order chi connectivity index (χ0) is 58.3. The quantitative estimate of drug-likeness (QED) is 0.162. The van der Waals surface area contributed by atoms with Gasteiger partial charge in [0.2, 0.25) is 0 Å². The van der Waals surface area contributed by atoms with E-state index < -0.39 is 0 Å². The van der Waals surface area contributed by atoms with E-state index in [4.69, 9.17) is 0 Å². The monoisotopic (exact) mass is 1200 g/mol. The van der Waals surface area contributed by atoms with E-state index in [0.717, 1.165) is 0 Å². The van der Waals surface area contributed by atoms with Crippen LogP contribution in [0.3, 0.4) is 0 Å². The molecule has 10 heteroatoms. The van der Waals surface area contributed by atoms with Crippen LogP contribution in [0.4, 0.5) is 45.5 Å². The van der Waals surface area contributed by atoms with Crippen LogP contribution in [0, 0.1) is 0 Å². The highest BCUT2D eigenvalue weighted by atomic mass is 35.5. The normalized spacial score (nSPS) is 15.7. The molecule has 14 rings (SSSR count). The minimum atomic E-state index is -0.0853. The molecule has 0 saturated carbocycles. The van der Waals surface area contributed by atoms with E-state index in [0.29, 0.717) is 0 Å². The minimum absolute atomic E-state index is 0. The van der Waals surface area contributed by atoms with Crippen molar-refractivity contribution in [2.45, 2.75) is 58.1 Å². The molecule has 4 heterocycles. The lowest BCUT2D eigenvalue weighted by Gasteiger charge is -2.41. The molecule has 0 N–H and O–H groups in total. The lowest BCUT2D eigenvalue weighted by atomic mass is 9.72. The predicted molar refractivity (Wildman–Crippen MR) is 359 cm³/mol. The van der Waals surface area contributed by atoms with E-state index in [1.54, 1.807) is 0 Å². The molecule has 0 atom stereocenters. The van der Waals surface area contributed by atoms with Gasteiger partial charge >= 0.3 is 0 Å². The molecule has 6 aliphatic rings. The van der Waals surface area contributed by atoms with Crippen LogP contribution in [0.15, 0.2) is 249 Å². The second-order valence-corrected chi connectivity index (χ2v) is 26.3. The van der Waals surface area contributed by atoms with Crippen molar-refractivity contribution in [3.8, 4) is 0 Å².